The van der Waals surface area contributed by atoms with Crippen LogP contribution in [0.2, 0.25) is 0 Å². The normalized spacial score (nSPS) is 15.9. The van der Waals surface area contributed by atoms with Crippen molar-refractivity contribution in [2.45, 2.75) is 37.2 Å². The fraction of sp³-hybridized carbons (Fsp3) is 0.389. The van der Waals surface area contributed by atoms with Gasteiger partial charge >= 0.3 is 0 Å². The van der Waals surface area contributed by atoms with Crippen LogP contribution >= 0.6 is 12.4 Å². The van der Waals surface area contributed by atoms with E-state index in [9.17, 15) is 13.2 Å². The maximum absolute atomic E-state index is 12.7. The van der Waals surface area contributed by atoms with E-state index in [4.69, 9.17) is 10.2 Å². The summed E-state index contributed by atoms with van der Waals surface area (Å²) in [5, 5.41) is 2.93. The fourth-order valence-corrected chi connectivity index (χ4v) is 4.44. The molecule has 148 valence electrons. The van der Waals surface area contributed by atoms with Crippen molar-refractivity contribution in [2.75, 3.05) is 13.1 Å². The van der Waals surface area contributed by atoms with Crippen LogP contribution in [0.4, 0.5) is 0 Å². The summed E-state index contributed by atoms with van der Waals surface area (Å²) in [4.78, 5) is 12.5. The Morgan fingerprint density at radius 3 is 2.44 bits per heavy atom. The van der Waals surface area contributed by atoms with Gasteiger partial charge in [0.05, 0.1) is 17.0 Å². The number of hydrogen-bond donors (Lipinski definition) is 2. The number of benzene rings is 1. The third-order valence-electron chi connectivity index (χ3n) is 4.57. The van der Waals surface area contributed by atoms with E-state index in [0.717, 1.165) is 5.56 Å². The third kappa shape index (κ3) is 4.90. The van der Waals surface area contributed by atoms with Crippen LogP contribution in [0.3, 0.4) is 0 Å². The molecule has 3 rings (SSSR count). The number of nitrogens with one attached hydrogen (secondary N) is 1. The van der Waals surface area contributed by atoms with Crippen molar-refractivity contribution >= 4 is 28.3 Å². The molecule has 1 fully saturated rings. The van der Waals surface area contributed by atoms with Crippen LogP contribution in [0.1, 0.15) is 34.5 Å². The predicted molar refractivity (Wildman–Crippen MR) is 104 cm³/mol. The van der Waals surface area contributed by atoms with Gasteiger partial charge in [-0.15, -0.1) is 12.4 Å². The Kier molecular flexibility index (Phi) is 7.05. The number of halogens is 1. The van der Waals surface area contributed by atoms with E-state index in [1.54, 1.807) is 30.3 Å². The first-order chi connectivity index (χ1) is 12.4. The molecule has 0 unspecified atom stereocenters. The van der Waals surface area contributed by atoms with Crippen LogP contribution in [-0.2, 0) is 16.6 Å². The van der Waals surface area contributed by atoms with E-state index < -0.39 is 10.0 Å². The summed E-state index contributed by atoms with van der Waals surface area (Å²) in [5.41, 5.74) is 6.92. The van der Waals surface area contributed by atoms with Gasteiger partial charge in [0.2, 0.25) is 10.0 Å². The summed E-state index contributed by atoms with van der Waals surface area (Å²) < 4.78 is 32.0. The highest BCUT2D eigenvalue weighted by Gasteiger charge is 2.30. The molecule has 2 heterocycles. The Hall–Kier alpha value is -1.87. The molecular formula is C18H24ClN3O4S. The lowest BCUT2D eigenvalue weighted by molar-refractivity contribution is 0.0923. The number of carbonyl (C=O) groups excluding carboxylic acids is 1. The number of piperidine rings is 1. The number of rotatable bonds is 5. The first-order valence-corrected chi connectivity index (χ1v) is 9.99. The molecule has 1 aliphatic heterocycles. The average Bonchev–Trinajstić information content (AvgIpc) is 3.12. The van der Waals surface area contributed by atoms with Gasteiger partial charge < -0.3 is 15.5 Å². The molecule has 1 amide bonds. The van der Waals surface area contributed by atoms with E-state index in [0.29, 0.717) is 42.2 Å². The standard InChI is InChI=1S/C18H23N3O4S.ClH/c1-13-2-4-17(5-3-13)26(23,24)21-8-6-15(7-9-21)20-18(22)14-10-16(11-19)25-12-14;/h2-5,10,12,15H,6-9,11,19H2,1H3,(H,20,22);1H. The summed E-state index contributed by atoms with van der Waals surface area (Å²) in [6.07, 6.45) is 2.52. The lowest BCUT2D eigenvalue weighted by atomic mass is 10.1. The van der Waals surface area contributed by atoms with Crippen LogP contribution in [0.5, 0.6) is 0 Å². The smallest absolute Gasteiger partial charge is 0.254 e. The minimum absolute atomic E-state index is 0. The second-order valence-corrected chi connectivity index (χ2v) is 8.41. The summed E-state index contributed by atoms with van der Waals surface area (Å²) in [5.74, 6) is 0.322. The molecule has 3 N–H and O–H groups in total. The molecule has 0 saturated carbocycles. The Morgan fingerprint density at radius 2 is 1.89 bits per heavy atom. The first kappa shape index (κ1) is 21.4. The molecule has 0 atom stereocenters. The van der Waals surface area contributed by atoms with Crippen LogP contribution in [-0.4, -0.2) is 37.8 Å². The molecular weight excluding hydrogens is 390 g/mol. The number of aryl methyl sites for hydroxylation is 1. The van der Waals surface area contributed by atoms with Crippen molar-refractivity contribution in [1.82, 2.24) is 9.62 Å². The number of furan rings is 1. The Bertz CT molecular complexity index is 872. The number of amides is 1. The van der Waals surface area contributed by atoms with Crippen LogP contribution < -0.4 is 11.1 Å². The largest absolute Gasteiger partial charge is 0.467 e. The first-order valence-electron chi connectivity index (χ1n) is 8.55. The fourth-order valence-electron chi connectivity index (χ4n) is 2.98. The zero-order valence-electron chi connectivity index (χ0n) is 15.1. The molecule has 2 aromatic rings. The van der Waals surface area contributed by atoms with Gasteiger partial charge in [-0.3, -0.25) is 4.79 Å². The van der Waals surface area contributed by atoms with Crippen molar-refractivity contribution in [3.05, 3.63) is 53.5 Å². The van der Waals surface area contributed by atoms with Gasteiger partial charge in [-0.25, -0.2) is 8.42 Å². The van der Waals surface area contributed by atoms with E-state index in [-0.39, 0.29) is 30.9 Å². The number of nitrogens with zero attached hydrogens (tertiary/aromatic N) is 1. The second-order valence-electron chi connectivity index (χ2n) is 6.47. The Labute approximate surface area is 165 Å². The van der Waals surface area contributed by atoms with Crippen molar-refractivity contribution in [3.63, 3.8) is 0 Å². The quantitative estimate of drug-likeness (QED) is 0.780. The maximum atomic E-state index is 12.7. The second kappa shape index (κ2) is 8.88. The summed E-state index contributed by atoms with van der Waals surface area (Å²) in [6.45, 7) is 2.91. The molecule has 1 aliphatic rings. The number of sulfonamides is 1. The van der Waals surface area contributed by atoms with E-state index in [2.05, 4.69) is 5.32 Å². The summed E-state index contributed by atoms with van der Waals surface area (Å²) >= 11 is 0. The summed E-state index contributed by atoms with van der Waals surface area (Å²) in [6, 6.07) is 8.40. The maximum Gasteiger partial charge on any atom is 0.254 e. The number of carbonyl (C=O) groups is 1. The van der Waals surface area contributed by atoms with Gasteiger partial charge in [-0.1, -0.05) is 17.7 Å². The van der Waals surface area contributed by atoms with E-state index in [1.807, 2.05) is 6.92 Å². The number of hydrogen-bond acceptors (Lipinski definition) is 5. The van der Waals surface area contributed by atoms with E-state index >= 15 is 0 Å². The van der Waals surface area contributed by atoms with Gasteiger partial charge in [-0.05, 0) is 38.0 Å². The molecule has 1 saturated heterocycles. The molecule has 1 aromatic carbocycles. The van der Waals surface area contributed by atoms with Crippen molar-refractivity contribution in [2.24, 2.45) is 5.73 Å². The molecule has 0 radical (unpaired) electrons. The molecule has 0 bridgehead atoms. The molecule has 0 spiro atoms. The van der Waals surface area contributed by atoms with Crippen molar-refractivity contribution < 1.29 is 17.6 Å². The monoisotopic (exact) mass is 413 g/mol. The topological polar surface area (TPSA) is 106 Å². The Morgan fingerprint density at radius 1 is 1.26 bits per heavy atom. The minimum atomic E-state index is -3.49. The van der Waals surface area contributed by atoms with Crippen LogP contribution in [0, 0.1) is 6.92 Å². The van der Waals surface area contributed by atoms with Crippen LogP contribution in [0.15, 0.2) is 45.9 Å². The average molecular weight is 414 g/mol. The molecule has 27 heavy (non-hydrogen) atoms. The van der Waals surface area contributed by atoms with Crippen LogP contribution in [0.25, 0.3) is 0 Å². The lowest BCUT2D eigenvalue weighted by Crippen LogP contribution is -2.46. The van der Waals surface area contributed by atoms with E-state index in [1.165, 1.54) is 10.6 Å². The zero-order chi connectivity index (χ0) is 18.7. The molecule has 1 aromatic heterocycles. The van der Waals surface area contributed by atoms with Gasteiger partial charge in [-0.2, -0.15) is 4.31 Å². The SMILES string of the molecule is Cc1ccc(S(=O)(=O)N2CCC(NC(=O)c3coc(CN)c3)CC2)cc1.Cl. The molecule has 0 aliphatic carbocycles. The minimum Gasteiger partial charge on any atom is -0.467 e. The molecule has 9 heteroatoms. The highest BCUT2D eigenvalue weighted by molar-refractivity contribution is 7.89. The van der Waals surface area contributed by atoms with Crippen molar-refractivity contribution in [1.29, 1.82) is 0 Å². The van der Waals surface area contributed by atoms with Gasteiger partial charge in [0.25, 0.3) is 5.91 Å². The van der Waals surface area contributed by atoms with Crippen molar-refractivity contribution in [3.8, 4) is 0 Å². The Balaban J connectivity index is 0.00000261. The van der Waals surface area contributed by atoms with Gasteiger partial charge in [0, 0.05) is 19.1 Å². The van der Waals surface area contributed by atoms with Gasteiger partial charge in [0.15, 0.2) is 0 Å². The third-order valence-corrected chi connectivity index (χ3v) is 6.48. The zero-order valence-corrected chi connectivity index (χ0v) is 16.7. The predicted octanol–water partition coefficient (Wildman–Crippen LogP) is 2.05. The van der Waals surface area contributed by atoms with Gasteiger partial charge in [0.1, 0.15) is 12.0 Å². The number of nitrogens with two attached hydrogens (primary N) is 1. The highest BCUT2D eigenvalue weighted by atomic mass is 35.5. The summed E-state index contributed by atoms with van der Waals surface area (Å²) in [7, 11) is -3.49. The lowest BCUT2D eigenvalue weighted by Gasteiger charge is -2.31. The molecule has 7 nitrogen and oxygen atoms in total. The highest BCUT2D eigenvalue weighted by Crippen LogP contribution is 2.21.